The molecule has 0 radical (unpaired) electrons. The first-order valence-corrected chi connectivity index (χ1v) is 6.75. The molecule has 4 heteroatoms. The van der Waals surface area contributed by atoms with E-state index in [0.29, 0.717) is 13.2 Å². The van der Waals surface area contributed by atoms with E-state index in [2.05, 4.69) is 37.1 Å². The highest BCUT2D eigenvalue weighted by atomic mass is 31.2. The summed E-state index contributed by atoms with van der Waals surface area (Å²) in [4.78, 5) is 0. The smallest absolute Gasteiger partial charge is 0.287 e. The van der Waals surface area contributed by atoms with Crippen LogP contribution in [0.4, 0.5) is 5.69 Å². The molecule has 1 aromatic rings. The Morgan fingerprint density at radius 2 is 1.75 bits per heavy atom. The monoisotopic (exact) mass is 241 g/mol. The van der Waals surface area contributed by atoms with Gasteiger partial charge in [-0.1, -0.05) is 17.7 Å². The minimum Gasteiger partial charge on any atom is -0.319 e. The molecule has 1 N–H and O–H groups in total. The van der Waals surface area contributed by atoms with E-state index >= 15 is 0 Å². The third-order valence-corrected chi connectivity index (χ3v) is 3.50. The molecular formula is C12H20NO2P. The zero-order valence-electron chi connectivity index (χ0n) is 10.4. The van der Waals surface area contributed by atoms with E-state index in [4.69, 9.17) is 9.05 Å². The van der Waals surface area contributed by atoms with Gasteiger partial charge < -0.3 is 14.1 Å². The van der Waals surface area contributed by atoms with Crippen LogP contribution in [-0.4, -0.2) is 13.2 Å². The summed E-state index contributed by atoms with van der Waals surface area (Å²) in [5.41, 5.74) is 3.56. The number of hydrogen-bond acceptors (Lipinski definition) is 3. The molecule has 90 valence electrons. The summed E-state index contributed by atoms with van der Waals surface area (Å²) in [5.74, 6) is 0. The first-order chi connectivity index (χ1) is 7.67. The van der Waals surface area contributed by atoms with Gasteiger partial charge in [0.25, 0.3) is 8.53 Å². The molecular weight excluding hydrogens is 221 g/mol. The Labute approximate surface area is 99.1 Å². The maximum Gasteiger partial charge on any atom is 0.287 e. The molecule has 0 spiro atoms. The van der Waals surface area contributed by atoms with E-state index in [1.807, 2.05) is 13.8 Å². The average molecular weight is 241 g/mol. The third-order valence-electron chi connectivity index (χ3n) is 2.09. The number of rotatable bonds is 6. The SMILES string of the molecule is CCOP(Nc1ccc(C)cc1C)OCC. The number of anilines is 1. The van der Waals surface area contributed by atoms with Gasteiger partial charge in [0.1, 0.15) is 0 Å². The van der Waals surface area contributed by atoms with E-state index in [9.17, 15) is 0 Å². The van der Waals surface area contributed by atoms with Gasteiger partial charge in [-0.2, -0.15) is 0 Å². The van der Waals surface area contributed by atoms with Crippen molar-refractivity contribution in [3.63, 3.8) is 0 Å². The predicted molar refractivity (Wildman–Crippen MR) is 69.7 cm³/mol. The lowest BCUT2D eigenvalue weighted by molar-refractivity contribution is 0.273. The van der Waals surface area contributed by atoms with Crippen molar-refractivity contribution >= 4 is 14.2 Å². The Hall–Kier alpha value is -0.630. The van der Waals surface area contributed by atoms with Gasteiger partial charge in [0.15, 0.2) is 0 Å². The highest BCUT2D eigenvalue weighted by molar-refractivity contribution is 7.48. The zero-order chi connectivity index (χ0) is 12.0. The van der Waals surface area contributed by atoms with Gasteiger partial charge in [0.2, 0.25) is 0 Å². The van der Waals surface area contributed by atoms with E-state index in [-0.39, 0.29) is 0 Å². The van der Waals surface area contributed by atoms with Crippen molar-refractivity contribution in [2.75, 3.05) is 18.3 Å². The second-order valence-electron chi connectivity index (χ2n) is 3.52. The van der Waals surface area contributed by atoms with E-state index in [1.54, 1.807) is 0 Å². The maximum absolute atomic E-state index is 5.50. The Bertz CT molecular complexity index is 325. The van der Waals surface area contributed by atoms with Gasteiger partial charge in [0.05, 0.1) is 13.2 Å². The van der Waals surface area contributed by atoms with Crippen LogP contribution in [0.25, 0.3) is 0 Å². The summed E-state index contributed by atoms with van der Waals surface area (Å²) in [6, 6.07) is 6.30. The average Bonchev–Trinajstić information content (AvgIpc) is 2.23. The molecule has 0 aliphatic heterocycles. The standard InChI is InChI=1S/C12H20NO2P/c1-5-14-16(15-6-2)13-12-8-7-10(3)9-11(12)4/h7-9,13H,5-6H2,1-4H3. The Balaban J connectivity index is 2.68. The van der Waals surface area contributed by atoms with Gasteiger partial charge in [-0.25, -0.2) is 0 Å². The second kappa shape index (κ2) is 6.85. The fraction of sp³-hybridized carbons (Fsp3) is 0.500. The van der Waals surface area contributed by atoms with Crippen LogP contribution in [0, 0.1) is 13.8 Å². The summed E-state index contributed by atoms with van der Waals surface area (Å²) in [6.45, 7) is 9.43. The zero-order valence-corrected chi connectivity index (χ0v) is 11.3. The van der Waals surface area contributed by atoms with Gasteiger partial charge >= 0.3 is 0 Å². The van der Waals surface area contributed by atoms with Gasteiger partial charge in [-0.3, -0.25) is 0 Å². The molecule has 1 aromatic carbocycles. The molecule has 0 unspecified atom stereocenters. The fourth-order valence-electron chi connectivity index (χ4n) is 1.37. The quantitative estimate of drug-likeness (QED) is 0.763. The maximum atomic E-state index is 5.50. The molecule has 1 rings (SSSR count). The molecule has 0 aliphatic carbocycles. The molecule has 0 amide bonds. The Kier molecular flexibility index (Phi) is 5.75. The van der Waals surface area contributed by atoms with E-state index in [1.165, 1.54) is 11.1 Å². The fourth-order valence-corrected chi connectivity index (χ4v) is 2.49. The molecule has 0 saturated carbocycles. The van der Waals surface area contributed by atoms with Crippen LogP contribution < -0.4 is 5.09 Å². The third kappa shape index (κ3) is 4.09. The van der Waals surface area contributed by atoms with Crippen LogP contribution >= 0.6 is 8.53 Å². The van der Waals surface area contributed by atoms with Gasteiger partial charge in [0, 0.05) is 5.69 Å². The van der Waals surface area contributed by atoms with Crippen LogP contribution in [0.1, 0.15) is 25.0 Å². The highest BCUT2D eigenvalue weighted by Crippen LogP contribution is 2.39. The molecule has 0 atom stereocenters. The largest absolute Gasteiger partial charge is 0.319 e. The van der Waals surface area contributed by atoms with Crippen molar-refractivity contribution in [1.82, 2.24) is 0 Å². The number of aryl methyl sites for hydroxylation is 2. The van der Waals surface area contributed by atoms with Crippen LogP contribution in [-0.2, 0) is 9.05 Å². The lowest BCUT2D eigenvalue weighted by Gasteiger charge is -2.18. The van der Waals surface area contributed by atoms with Crippen molar-refractivity contribution in [3.8, 4) is 0 Å². The number of nitrogens with one attached hydrogen (secondary N) is 1. The van der Waals surface area contributed by atoms with Crippen molar-refractivity contribution in [2.45, 2.75) is 27.7 Å². The lowest BCUT2D eigenvalue weighted by atomic mass is 10.1. The minimum atomic E-state index is -1.01. The summed E-state index contributed by atoms with van der Waals surface area (Å²) in [6.07, 6.45) is 0. The molecule has 0 fully saturated rings. The molecule has 3 nitrogen and oxygen atoms in total. The molecule has 16 heavy (non-hydrogen) atoms. The summed E-state index contributed by atoms with van der Waals surface area (Å²) in [7, 11) is -1.01. The van der Waals surface area contributed by atoms with Gasteiger partial charge in [-0.05, 0) is 39.3 Å². The molecule has 0 saturated heterocycles. The Morgan fingerprint density at radius 1 is 1.12 bits per heavy atom. The Morgan fingerprint density at radius 3 is 2.25 bits per heavy atom. The summed E-state index contributed by atoms with van der Waals surface area (Å²) in [5, 5.41) is 3.30. The van der Waals surface area contributed by atoms with Crippen molar-refractivity contribution in [3.05, 3.63) is 29.3 Å². The first kappa shape index (κ1) is 13.4. The predicted octanol–water partition coefficient (Wildman–Crippen LogP) is 4.02. The normalized spacial score (nSPS) is 10.8. The van der Waals surface area contributed by atoms with Crippen molar-refractivity contribution in [2.24, 2.45) is 0 Å². The number of hydrogen-bond donors (Lipinski definition) is 1. The highest BCUT2D eigenvalue weighted by Gasteiger charge is 2.10. The van der Waals surface area contributed by atoms with Crippen LogP contribution in [0.2, 0.25) is 0 Å². The second-order valence-corrected chi connectivity index (χ2v) is 4.78. The summed E-state index contributed by atoms with van der Waals surface area (Å²) < 4.78 is 11.0. The molecule has 0 bridgehead atoms. The van der Waals surface area contributed by atoms with E-state index in [0.717, 1.165) is 5.69 Å². The molecule has 0 heterocycles. The molecule has 0 aromatic heterocycles. The van der Waals surface area contributed by atoms with Crippen LogP contribution in [0.15, 0.2) is 18.2 Å². The van der Waals surface area contributed by atoms with Crippen LogP contribution in [0.3, 0.4) is 0 Å². The lowest BCUT2D eigenvalue weighted by Crippen LogP contribution is -2.01. The van der Waals surface area contributed by atoms with Crippen molar-refractivity contribution < 1.29 is 9.05 Å². The van der Waals surface area contributed by atoms with Crippen LogP contribution in [0.5, 0.6) is 0 Å². The van der Waals surface area contributed by atoms with Gasteiger partial charge in [-0.15, -0.1) is 0 Å². The minimum absolute atomic E-state index is 0.656. The van der Waals surface area contributed by atoms with E-state index < -0.39 is 8.53 Å². The first-order valence-electron chi connectivity index (χ1n) is 5.57. The summed E-state index contributed by atoms with van der Waals surface area (Å²) >= 11 is 0. The number of benzene rings is 1. The van der Waals surface area contributed by atoms with Crippen molar-refractivity contribution in [1.29, 1.82) is 0 Å². The topological polar surface area (TPSA) is 30.5 Å². The molecule has 0 aliphatic rings.